The van der Waals surface area contributed by atoms with Crippen LogP contribution in [0.5, 0.6) is 5.75 Å². The molecule has 2 rings (SSSR count). The Labute approximate surface area is 148 Å². The number of carbonyl (C=O) groups excluding carboxylic acids is 2. The van der Waals surface area contributed by atoms with E-state index in [1.54, 1.807) is 12.1 Å². The van der Waals surface area contributed by atoms with Crippen LogP contribution in [0.2, 0.25) is 0 Å². The fourth-order valence-electron chi connectivity index (χ4n) is 1.85. The van der Waals surface area contributed by atoms with Gasteiger partial charge in [-0.25, -0.2) is 4.79 Å². The molecule has 0 unspecified atom stereocenters. The van der Waals surface area contributed by atoms with Crippen LogP contribution in [0.4, 0.5) is 4.79 Å². The number of hydrogen-bond acceptors (Lipinski definition) is 4. The molecule has 0 bridgehead atoms. The number of ether oxygens (including phenoxy) is 2. The molecule has 1 amide bonds. The topological polar surface area (TPSA) is 64.6 Å². The Morgan fingerprint density at radius 2 is 1.91 bits per heavy atom. The zero-order valence-electron chi connectivity index (χ0n) is 12.3. The number of nitrogens with one attached hydrogen (secondary N) is 1. The monoisotopic (exact) mass is 425 g/mol. The predicted octanol–water partition coefficient (Wildman–Crippen LogP) is 3.41. The summed E-state index contributed by atoms with van der Waals surface area (Å²) in [6.07, 6.45) is 0.245. The van der Waals surface area contributed by atoms with E-state index in [1.165, 1.54) is 0 Å². The summed E-state index contributed by atoms with van der Waals surface area (Å²) in [4.78, 5) is 22.5. The maximum Gasteiger partial charge on any atom is 0.407 e. The molecule has 0 spiro atoms. The van der Waals surface area contributed by atoms with Gasteiger partial charge in [-0.05, 0) is 40.3 Å². The van der Waals surface area contributed by atoms with Crippen molar-refractivity contribution in [3.8, 4) is 5.75 Å². The number of hydrogen-bond donors (Lipinski definition) is 1. The van der Waals surface area contributed by atoms with Crippen LogP contribution < -0.4 is 10.1 Å². The van der Waals surface area contributed by atoms with Crippen LogP contribution in [-0.4, -0.2) is 25.5 Å². The number of benzene rings is 2. The van der Waals surface area contributed by atoms with Gasteiger partial charge in [0.2, 0.25) is 0 Å². The Kier molecular flexibility index (Phi) is 6.86. The lowest BCUT2D eigenvalue weighted by Crippen LogP contribution is -2.28. The Morgan fingerprint density at radius 1 is 1.13 bits per heavy atom. The summed E-state index contributed by atoms with van der Waals surface area (Å²) in [6.45, 7) is 0.761. The van der Waals surface area contributed by atoms with Crippen molar-refractivity contribution in [3.05, 3.63) is 63.2 Å². The molecule has 0 aliphatic heterocycles. The van der Waals surface area contributed by atoms with Gasteiger partial charge < -0.3 is 14.8 Å². The minimum atomic E-state index is -0.504. The molecule has 0 aliphatic rings. The van der Waals surface area contributed by atoms with E-state index in [0.717, 1.165) is 15.4 Å². The molecule has 0 saturated heterocycles. The van der Waals surface area contributed by atoms with Crippen LogP contribution in [-0.2, 0) is 11.3 Å². The van der Waals surface area contributed by atoms with Crippen molar-refractivity contribution in [2.45, 2.75) is 6.61 Å². The smallest absolute Gasteiger partial charge is 0.407 e. The van der Waals surface area contributed by atoms with Crippen LogP contribution in [0.15, 0.2) is 48.5 Å². The molecule has 2 aromatic rings. The molecule has 0 aliphatic carbocycles. The second kappa shape index (κ2) is 9.14. The molecule has 1 N–H and O–H groups in total. The maximum atomic E-state index is 11.6. The normalized spacial score (nSPS) is 9.96. The molecule has 0 aromatic heterocycles. The molecular formula is C17H16INO4. The lowest BCUT2D eigenvalue weighted by molar-refractivity contribution is 0.111. The van der Waals surface area contributed by atoms with Crippen molar-refractivity contribution in [3.63, 3.8) is 0 Å². The summed E-state index contributed by atoms with van der Waals surface area (Å²) in [6, 6.07) is 14.8. The van der Waals surface area contributed by atoms with Gasteiger partial charge in [0.15, 0.2) is 6.29 Å². The molecule has 5 nitrogen and oxygen atoms in total. The molecule has 120 valence electrons. The van der Waals surface area contributed by atoms with Crippen molar-refractivity contribution in [1.29, 1.82) is 0 Å². The fourth-order valence-corrected chi connectivity index (χ4v) is 2.53. The molecule has 2 aromatic carbocycles. The van der Waals surface area contributed by atoms with Crippen molar-refractivity contribution in [1.82, 2.24) is 5.32 Å². The Hall–Kier alpha value is -2.09. The van der Waals surface area contributed by atoms with Crippen molar-refractivity contribution in [2.75, 3.05) is 13.2 Å². The molecule has 0 radical (unpaired) electrons. The molecule has 23 heavy (non-hydrogen) atoms. The highest BCUT2D eigenvalue weighted by molar-refractivity contribution is 14.1. The second-order valence-corrected chi connectivity index (χ2v) is 5.78. The quantitative estimate of drug-likeness (QED) is 0.420. The van der Waals surface area contributed by atoms with Gasteiger partial charge in [-0.2, -0.15) is 0 Å². The van der Waals surface area contributed by atoms with Crippen molar-refractivity contribution < 1.29 is 19.1 Å². The first-order valence-electron chi connectivity index (χ1n) is 7.01. The van der Waals surface area contributed by atoms with Crippen LogP contribution >= 0.6 is 22.6 Å². The highest BCUT2D eigenvalue weighted by Gasteiger charge is 2.08. The number of halogens is 1. The number of aldehydes is 1. The van der Waals surface area contributed by atoms with E-state index in [-0.39, 0.29) is 19.8 Å². The first kappa shape index (κ1) is 17.3. The van der Waals surface area contributed by atoms with Crippen molar-refractivity contribution >= 4 is 35.0 Å². The highest BCUT2D eigenvalue weighted by Crippen LogP contribution is 2.24. The zero-order valence-corrected chi connectivity index (χ0v) is 14.5. The van der Waals surface area contributed by atoms with E-state index in [9.17, 15) is 9.59 Å². The average molecular weight is 425 g/mol. The lowest BCUT2D eigenvalue weighted by Gasteiger charge is -2.11. The third-order valence-corrected chi connectivity index (χ3v) is 3.80. The summed E-state index contributed by atoms with van der Waals surface area (Å²) < 4.78 is 11.5. The van der Waals surface area contributed by atoms with E-state index in [2.05, 4.69) is 27.9 Å². The van der Waals surface area contributed by atoms with Crippen LogP contribution in [0.1, 0.15) is 15.9 Å². The summed E-state index contributed by atoms with van der Waals surface area (Å²) >= 11 is 2.10. The first-order chi connectivity index (χ1) is 11.2. The van der Waals surface area contributed by atoms with Gasteiger partial charge in [-0.15, -0.1) is 0 Å². The lowest BCUT2D eigenvalue weighted by atomic mass is 10.2. The molecular weight excluding hydrogens is 409 g/mol. The largest absolute Gasteiger partial charge is 0.490 e. The third-order valence-electron chi connectivity index (χ3n) is 2.95. The maximum absolute atomic E-state index is 11.6. The summed E-state index contributed by atoms with van der Waals surface area (Å²) in [5.74, 6) is 0.530. The van der Waals surface area contributed by atoms with Gasteiger partial charge >= 0.3 is 6.09 Å². The van der Waals surface area contributed by atoms with E-state index >= 15 is 0 Å². The summed E-state index contributed by atoms with van der Waals surface area (Å²) in [5, 5.41) is 2.60. The van der Waals surface area contributed by atoms with Gasteiger partial charge in [0.25, 0.3) is 0 Å². The van der Waals surface area contributed by atoms with Crippen LogP contribution in [0.3, 0.4) is 0 Å². The third kappa shape index (κ3) is 5.55. The summed E-state index contributed by atoms with van der Waals surface area (Å²) in [7, 11) is 0. The Morgan fingerprint density at radius 3 is 2.65 bits per heavy atom. The van der Waals surface area contributed by atoms with Crippen LogP contribution in [0.25, 0.3) is 0 Å². The first-order valence-corrected chi connectivity index (χ1v) is 8.09. The van der Waals surface area contributed by atoms with E-state index in [1.807, 2.05) is 36.4 Å². The van der Waals surface area contributed by atoms with Gasteiger partial charge in [-0.1, -0.05) is 36.4 Å². The van der Waals surface area contributed by atoms with Gasteiger partial charge in [-0.3, -0.25) is 4.79 Å². The molecule has 0 heterocycles. The second-order valence-electron chi connectivity index (χ2n) is 4.61. The number of rotatable bonds is 7. The predicted molar refractivity (Wildman–Crippen MR) is 94.7 cm³/mol. The molecule has 0 atom stereocenters. The SMILES string of the molecule is O=Cc1cccc(I)c1OCCNC(=O)OCc1ccccc1. The van der Waals surface area contributed by atoms with Gasteiger partial charge in [0.1, 0.15) is 19.0 Å². The summed E-state index contributed by atoms with van der Waals surface area (Å²) in [5.41, 5.74) is 1.41. The average Bonchev–Trinajstić information content (AvgIpc) is 2.58. The van der Waals surface area contributed by atoms with E-state index in [0.29, 0.717) is 11.3 Å². The van der Waals surface area contributed by atoms with Gasteiger partial charge in [0.05, 0.1) is 15.7 Å². The fraction of sp³-hybridized carbons (Fsp3) is 0.176. The number of amides is 1. The van der Waals surface area contributed by atoms with Crippen molar-refractivity contribution in [2.24, 2.45) is 0 Å². The van der Waals surface area contributed by atoms with E-state index < -0.39 is 6.09 Å². The highest BCUT2D eigenvalue weighted by atomic mass is 127. The minimum absolute atomic E-state index is 0.222. The minimum Gasteiger partial charge on any atom is -0.490 e. The number of para-hydroxylation sites is 1. The van der Waals surface area contributed by atoms with Crippen LogP contribution in [0, 0.1) is 3.57 Å². The molecule has 6 heteroatoms. The molecule has 0 saturated carbocycles. The standard InChI is InChI=1S/C17H16INO4/c18-15-8-4-7-14(11-20)16(15)22-10-9-19-17(21)23-12-13-5-2-1-3-6-13/h1-8,11H,9-10,12H2,(H,19,21). The zero-order chi connectivity index (χ0) is 16.5. The van der Waals surface area contributed by atoms with Gasteiger partial charge in [0, 0.05) is 0 Å². The number of carbonyl (C=O) groups is 2. The van der Waals surface area contributed by atoms with E-state index in [4.69, 9.17) is 9.47 Å². The Balaban J connectivity index is 1.71. The number of alkyl carbamates (subject to hydrolysis) is 1. The Bertz CT molecular complexity index is 661. The molecule has 0 fully saturated rings.